The lowest BCUT2D eigenvalue weighted by molar-refractivity contribution is 0.622. The van der Waals surface area contributed by atoms with E-state index in [1.807, 2.05) is 37.3 Å². The summed E-state index contributed by atoms with van der Waals surface area (Å²) in [5, 5.41) is 1.42. The quantitative estimate of drug-likeness (QED) is 0.338. The van der Waals surface area contributed by atoms with Crippen LogP contribution in [-0.2, 0) is 0 Å². The normalized spacial score (nSPS) is 11.4. The molecular formula is C30H16B3F2NO. The minimum atomic E-state index is -0.837. The molecule has 0 N–H and O–H groups in total. The molecule has 2 heterocycles. The monoisotopic (exact) mass is 477 g/mol. The van der Waals surface area contributed by atoms with Gasteiger partial charge in [0.1, 0.15) is 46.3 Å². The molecule has 6 radical (unpaired) electrons. The first-order chi connectivity index (χ1) is 17.8. The van der Waals surface area contributed by atoms with Gasteiger partial charge in [0, 0.05) is 16.3 Å². The Labute approximate surface area is 216 Å². The molecule has 0 bridgehead atoms. The molecule has 170 valence electrons. The SMILES string of the molecule is [B]c1nc(-c2cccc3c2oc2c(-c4ccc(-c5ccc(C)cc5)cc4)c(F)ccc23)c([B])c(F)c1[B]. The Bertz CT molecular complexity index is 1830. The van der Waals surface area contributed by atoms with Gasteiger partial charge in [0.05, 0.1) is 11.3 Å². The Morgan fingerprint density at radius 3 is 2.00 bits per heavy atom. The number of rotatable bonds is 3. The number of fused-ring (bicyclic) bond motifs is 3. The first kappa shape index (κ1) is 23.3. The van der Waals surface area contributed by atoms with E-state index in [0.29, 0.717) is 38.6 Å². The average Bonchev–Trinajstić information content (AvgIpc) is 3.29. The van der Waals surface area contributed by atoms with Crippen molar-refractivity contribution in [2.45, 2.75) is 6.92 Å². The van der Waals surface area contributed by atoms with Gasteiger partial charge >= 0.3 is 0 Å². The average molecular weight is 477 g/mol. The van der Waals surface area contributed by atoms with Crippen LogP contribution in [0.3, 0.4) is 0 Å². The fraction of sp³-hybridized carbons (Fsp3) is 0.0333. The lowest BCUT2D eigenvalue weighted by atomic mass is 9.78. The first-order valence-corrected chi connectivity index (χ1v) is 11.6. The second kappa shape index (κ2) is 8.77. The van der Waals surface area contributed by atoms with E-state index in [4.69, 9.17) is 28.0 Å². The van der Waals surface area contributed by atoms with Gasteiger partial charge in [-0.25, -0.2) is 8.78 Å². The molecule has 6 aromatic rings. The molecule has 0 amide bonds. The number of pyridine rings is 1. The zero-order valence-electron chi connectivity index (χ0n) is 19.8. The molecule has 37 heavy (non-hydrogen) atoms. The van der Waals surface area contributed by atoms with Gasteiger partial charge < -0.3 is 4.42 Å². The third kappa shape index (κ3) is 3.77. The molecule has 0 spiro atoms. The van der Waals surface area contributed by atoms with Gasteiger partial charge in [-0.15, -0.1) is 0 Å². The molecule has 2 aromatic heterocycles. The number of halogens is 2. The zero-order valence-corrected chi connectivity index (χ0v) is 19.8. The summed E-state index contributed by atoms with van der Waals surface area (Å²) in [6.07, 6.45) is 0. The standard InChI is InChI=1S/C30H16B3F2NO/c1-15-5-7-16(8-6-15)17-9-11-18(12-10-17)23-22(34)14-13-20-19-3-2-4-21(28(19)37-29(20)23)27-24(31)26(35)25(32)30(33)36-27/h2-14H,1H3. The van der Waals surface area contributed by atoms with Crippen molar-refractivity contribution in [1.29, 1.82) is 0 Å². The second-order valence-electron chi connectivity index (χ2n) is 9.01. The van der Waals surface area contributed by atoms with Crippen molar-refractivity contribution in [3.05, 3.63) is 96.1 Å². The maximum atomic E-state index is 15.3. The van der Waals surface area contributed by atoms with Crippen LogP contribution in [0.15, 0.2) is 83.3 Å². The number of nitrogens with zero attached hydrogens (tertiary/aromatic N) is 1. The van der Waals surface area contributed by atoms with Crippen molar-refractivity contribution >= 4 is 62.0 Å². The molecule has 0 atom stereocenters. The Morgan fingerprint density at radius 2 is 1.30 bits per heavy atom. The Balaban J connectivity index is 1.55. The second-order valence-corrected chi connectivity index (χ2v) is 9.01. The zero-order chi connectivity index (χ0) is 25.8. The van der Waals surface area contributed by atoms with Crippen LogP contribution in [0, 0.1) is 18.6 Å². The van der Waals surface area contributed by atoms with Gasteiger partial charge in [-0.3, -0.25) is 4.98 Å². The fourth-order valence-corrected chi connectivity index (χ4v) is 4.68. The summed E-state index contributed by atoms with van der Waals surface area (Å²) in [5.74, 6) is -1.26. The van der Waals surface area contributed by atoms with Crippen LogP contribution in [0.2, 0.25) is 0 Å². The summed E-state index contributed by atoms with van der Waals surface area (Å²) in [4.78, 5) is 4.22. The van der Waals surface area contributed by atoms with Crippen LogP contribution < -0.4 is 16.5 Å². The van der Waals surface area contributed by atoms with Gasteiger partial charge in [-0.1, -0.05) is 71.7 Å². The van der Waals surface area contributed by atoms with Crippen LogP contribution >= 0.6 is 0 Å². The van der Waals surface area contributed by atoms with Gasteiger partial charge in [-0.2, -0.15) is 0 Å². The molecule has 0 unspecified atom stereocenters. The molecule has 0 aliphatic heterocycles. The van der Waals surface area contributed by atoms with Crippen LogP contribution in [-0.4, -0.2) is 28.5 Å². The van der Waals surface area contributed by atoms with Crippen molar-refractivity contribution in [2.75, 3.05) is 0 Å². The molecule has 0 fully saturated rings. The maximum Gasteiger partial charge on any atom is 0.146 e. The highest BCUT2D eigenvalue weighted by Crippen LogP contribution is 2.40. The molecule has 7 heteroatoms. The smallest absolute Gasteiger partial charge is 0.146 e. The topological polar surface area (TPSA) is 26.0 Å². The van der Waals surface area contributed by atoms with Crippen LogP contribution in [0.1, 0.15) is 5.56 Å². The van der Waals surface area contributed by atoms with Crippen LogP contribution in [0.5, 0.6) is 0 Å². The number of para-hydroxylation sites is 1. The lowest BCUT2D eigenvalue weighted by Gasteiger charge is -2.12. The number of hydrogen-bond donors (Lipinski definition) is 0. The summed E-state index contributed by atoms with van der Waals surface area (Å²) >= 11 is 0. The van der Waals surface area contributed by atoms with E-state index in [1.54, 1.807) is 18.2 Å². The largest absolute Gasteiger partial charge is 0.455 e. The number of benzene rings is 4. The van der Waals surface area contributed by atoms with E-state index in [-0.39, 0.29) is 22.2 Å². The van der Waals surface area contributed by atoms with E-state index in [9.17, 15) is 4.39 Å². The predicted octanol–water partition coefficient (Wildman–Crippen LogP) is 4.95. The molecular weight excluding hydrogens is 461 g/mol. The number of aryl methyl sites for hydroxylation is 1. The Kier molecular flexibility index (Phi) is 5.52. The van der Waals surface area contributed by atoms with Gasteiger partial charge in [0.25, 0.3) is 0 Å². The summed E-state index contributed by atoms with van der Waals surface area (Å²) in [5.41, 5.74) is 4.85. The van der Waals surface area contributed by atoms with Crippen molar-refractivity contribution in [1.82, 2.24) is 4.98 Å². The Morgan fingerprint density at radius 1 is 0.676 bits per heavy atom. The van der Waals surface area contributed by atoms with E-state index < -0.39 is 11.6 Å². The third-order valence-electron chi connectivity index (χ3n) is 6.67. The highest BCUT2D eigenvalue weighted by molar-refractivity contribution is 6.50. The molecule has 0 saturated heterocycles. The number of aromatic nitrogens is 1. The summed E-state index contributed by atoms with van der Waals surface area (Å²) in [6, 6.07) is 24.3. The minimum absolute atomic E-state index is 0.110. The van der Waals surface area contributed by atoms with Crippen molar-refractivity contribution in [2.24, 2.45) is 0 Å². The molecule has 6 rings (SSSR count). The van der Waals surface area contributed by atoms with E-state index >= 15 is 4.39 Å². The van der Waals surface area contributed by atoms with Gasteiger partial charge in [0.2, 0.25) is 0 Å². The van der Waals surface area contributed by atoms with Crippen molar-refractivity contribution in [3.8, 4) is 33.5 Å². The molecule has 0 aliphatic rings. The fourth-order valence-electron chi connectivity index (χ4n) is 4.68. The lowest BCUT2D eigenvalue weighted by Crippen LogP contribution is -2.38. The van der Waals surface area contributed by atoms with E-state index in [2.05, 4.69) is 29.2 Å². The van der Waals surface area contributed by atoms with E-state index in [1.165, 1.54) is 11.6 Å². The van der Waals surface area contributed by atoms with E-state index in [0.717, 1.165) is 11.1 Å². The third-order valence-corrected chi connectivity index (χ3v) is 6.67. The van der Waals surface area contributed by atoms with Crippen molar-refractivity contribution < 1.29 is 13.2 Å². The number of hydrogen-bond acceptors (Lipinski definition) is 2. The van der Waals surface area contributed by atoms with Crippen molar-refractivity contribution in [3.63, 3.8) is 0 Å². The Hall–Kier alpha value is -4.12. The first-order valence-electron chi connectivity index (χ1n) is 11.6. The van der Waals surface area contributed by atoms with Gasteiger partial charge in [-0.05, 0) is 52.9 Å². The van der Waals surface area contributed by atoms with Crippen LogP contribution in [0.25, 0.3) is 55.4 Å². The molecule has 2 nitrogen and oxygen atoms in total. The van der Waals surface area contributed by atoms with Gasteiger partial charge in [0.15, 0.2) is 0 Å². The summed E-state index contributed by atoms with van der Waals surface area (Å²) in [7, 11) is 17.5. The summed E-state index contributed by atoms with van der Waals surface area (Å²) < 4.78 is 36.1. The molecule has 0 aliphatic carbocycles. The highest BCUT2D eigenvalue weighted by Gasteiger charge is 2.21. The maximum absolute atomic E-state index is 15.3. The minimum Gasteiger partial charge on any atom is -0.455 e. The molecule has 4 aromatic carbocycles. The van der Waals surface area contributed by atoms with Crippen LogP contribution in [0.4, 0.5) is 8.78 Å². The summed E-state index contributed by atoms with van der Waals surface area (Å²) in [6.45, 7) is 2.04. The number of furan rings is 1. The predicted molar refractivity (Wildman–Crippen MR) is 149 cm³/mol. The molecule has 0 saturated carbocycles. The highest BCUT2D eigenvalue weighted by atomic mass is 19.1.